The number of hydrogen-bond acceptors (Lipinski definition) is 3. The Labute approximate surface area is 92.4 Å². The second-order valence-corrected chi connectivity index (χ2v) is 3.32. The van der Waals surface area contributed by atoms with Gasteiger partial charge in [0.2, 0.25) is 0 Å². The van der Waals surface area contributed by atoms with Gasteiger partial charge >= 0.3 is 0 Å². The Morgan fingerprint density at radius 1 is 1.25 bits per heavy atom. The Balaban J connectivity index is 2.56. The molecule has 0 aliphatic carbocycles. The van der Waals surface area contributed by atoms with Crippen LogP contribution in [-0.4, -0.2) is 18.1 Å². The Kier molecular flexibility index (Phi) is 2.74. The summed E-state index contributed by atoms with van der Waals surface area (Å²) in [6.45, 7) is 0. The Hall–Kier alpha value is -2.07. The lowest BCUT2D eigenvalue weighted by Crippen LogP contribution is -2.21. The van der Waals surface area contributed by atoms with E-state index in [2.05, 4.69) is 10.3 Å². The lowest BCUT2D eigenvalue weighted by molar-refractivity contribution is 0.0535. The fourth-order valence-electron chi connectivity index (χ4n) is 1.59. The zero-order valence-corrected chi connectivity index (χ0v) is 8.73. The Morgan fingerprint density at radius 3 is 2.75 bits per heavy atom. The van der Waals surface area contributed by atoms with Crippen LogP contribution < -0.4 is 5.48 Å². The van der Waals surface area contributed by atoms with Gasteiger partial charge in [0.25, 0.3) is 5.91 Å². The molecule has 0 spiro atoms. The molecular formula is C12H11NO3. The van der Waals surface area contributed by atoms with Gasteiger partial charge in [0.1, 0.15) is 5.75 Å². The van der Waals surface area contributed by atoms with E-state index >= 15 is 0 Å². The highest BCUT2D eigenvalue weighted by molar-refractivity contribution is 6.03. The van der Waals surface area contributed by atoms with Crippen molar-refractivity contribution in [3.63, 3.8) is 0 Å². The van der Waals surface area contributed by atoms with Crippen LogP contribution in [0.25, 0.3) is 10.8 Å². The number of rotatable bonds is 2. The first kappa shape index (κ1) is 10.4. The number of benzene rings is 2. The molecule has 0 fully saturated rings. The molecular weight excluding hydrogens is 206 g/mol. The van der Waals surface area contributed by atoms with E-state index in [1.54, 1.807) is 24.3 Å². The van der Waals surface area contributed by atoms with Crippen molar-refractivity contribution < 1.29 is 14.7 Å². The summed E-state index contributed by atoms with van der Waals surface area (Å²) in [5.41, 5.74) is 2.36. The van der Waals surface area contributed by atoms with Gasteiger partial charge in [-0.25, -0.2) is 5.48 Å². The van der Waals surface area contributed by atoms with Crippen molar-refractivity contribution in [1.29, 1.82) is 0 Å². The topological polar surface area (TPSA) is 58.6 Å². The summed E-state index contributed by atoms with van der Waals surface area (Å²) in [4.78, 5) is 16.0. The average Bonchev–Trinajstić information content (AvgIpc) is 2.30. The number of aromatic hydroxyl groups is 1. The van der Waals surface area contributed by atoms with Crippen LogP contribution in [0, 0.1) is 0 Å². The van der Waals surface area contributed by atoms with Gasteiger partial charge in [-0.15, -0.1) is 0 Å². The number of carbonyl (C=O) groups is 1. The average molecular weight is 217 g/mol. The van der Waals surface area contributed by atoms with E-state index < -0.39 is 5.91 Å². The number of nitrogens with one attached hydrogen (secondary N) is 1. The third-order valence-electron chi connectivity index (χ3n) is 2.34. The smallest absolute Gasteiger partial charge is 0.278 e. The lowest BCUT2D eigenvalue weighted by Gasteiger charge is -2.07. The SMILES string of the molecule is CONC(=O)c1ccc2ccccc2c1O. The molecule has 0 saturated heterocycles. The van der Waals surface area contributed by atoms with E-state index in [-0.39, 0.29) is 11.3 Å². The number of fused-ring (bicyclic) bond motifs is 1. The van der Waals surface area contributed by atoms with Crippen LogP contribution in [0.15, 0.2) is 36.4 Å². The van der Waals surface area contributed by atoms with Crippen molar-refractivity contribution in [2.75, 3.05) is 7.11 Å². The Bertz CT molecular complexity index is 537. The minimum Gasteiger partial charge on any atom is -0.506 e. The first-order valence-electron chi connectivity index (χ1n) is 4.78. The summed E-state index contributed by atoms with van der Waals surface area (Å²) in [5, 5.41) is 11.5. The normalized spacial score (nSPS) is 10.3. The van der Waals surface area contributed by atoms with Crippen LogP contribution in [0.2, 0.25) is 0 Å². The fourth-order valence-corrected chi connectivity index (χ4v) is 1.59. The quantitative estimate of drug-likeness (QED) is 0.754. The molecule has 0 aromatic heterocycles. The number of carbonyl (C=O) groups excluding carboxylic acids is 1. The third-order valence-corrected chi connectivity index (χ3v) is 2.34. The molecule has 16 heavy (non-hydrogen) atoms. The second kappa shape index (κ2) is 4.20. The van der Waals surface area contributed by atoms with Gasteiger partial charge < -0.3 is 5.11 Å². The van der Waals surface area contributed by atoms with Crippen molar-refractivity contribution in [3.8, 4) is 5.75 Å². The molecule has 82 valence electrons. The van der Waals surface area contributed by atoms with Crippen molar-refractivity contribution in [2.24, 2.45) is 0 Å². The number of hydroxylamine groups is 1. The maximum absolute atomic E-state index is 11.5. The minimum atomic E-state index is -0.467. The lowest BCUT2D eigenvalue weighted by atomic mass is 10.1. The monoisotopic (exact) mass is 217 g/mol. The van der Waals surface area contributed by atoms with Crippen LogP contribution in [0.5, 0.6) is 5.75 Å². The summed E-state index contributed by atoms with van der Waals surface area (Å²) < 4.78 is 0. The fraction of sp³-hybridized carbons (Fsp3) is 0.0833. The van der Waals surface area contributed by atoms with Gasteiger partial charge in [0, 0.05) is 5.39 Å². The number of amides is 1. The van der Waals surface area contributed by atoms with Crippen LogP contribution in [0.3, 0.4) is 0 Å². The molecule has 0 aliphatic heterocycles. The van der Waals surface area contributed by atoms with Gasteiger partial charge in [0.05, 0.1) is 12.7 Å². The molecule has 2 rings (SSSR count). The molecule has 1 amide bonds. The van der Waals surface area contributed by atoms with Crippen LogP contribution in [0.4, 0.5) is 0 Å². The van der Waals surface area contributed by atoms with Gasteiger partial charge in [-0.3, -0.25) is 9.63 Å². The maximum Gasteiger partial charge on any atom is 0.278 e. The molecule has 0 unspecified atom stereocenters. The van der Waals surface area contributed by atoms with E-state index in [0.29, 0.717) is 5.39 Å². The van der Waals surface area contributed by atoms with Gasteiger partial charge in [0.15, 0.2) is 0 Å². The molecule has 0 aliphatic rings. The van der Waals surface area contributed by atoms with Crippen molar-refractivity contribution >= 4 is 16.7 Å². The predicted octanol–water partition coefficient (Wildman–Crippen LogP) is 1.84. The first-order chi connectivity index (χ1) is 7.74. The van der Waals surface area contributed by atoms with Gasteiger partial charge in [-0.05, 0) is 11.5 Å². The summed E-state index contributed by atoms with van der Waals surface area (Å²) in [6.07, 6.45) is 0. The van der Waals surface area contributed by atoms with E-state index in [1.807, 2.05) is 12.1 Å². The molecule has 2 aromatic carbocycles. The highest BCUT2D eigenvalue weighted by Crippen LogP contribution is 2.28. The van der Waals surface area contributed by atoms with Gasteiger partial charge in [-0.1, -0.05) is 30.3 Å². The van der Waals surface area contributed by atoms with E-state index in [1.165, 1.54) is 7.11 Å². The van der Waals surface area contributed by atoms with Crippen LogP contribution in [0.1, 0.15) is 10.4 Å². The van der Waals surface area contributed by atoms with Crippen LogP contribution >= 0.6 is 0 Å². The Morgan fingerprint density at radius 2 is 2.00 bits per heavy atom. The molecule has 0 atom stereocenters. The molecule has 0 heterocycles. The van der Waals surface area contributed by atoms with E-state index in [0.717, 1.165) is 5.39 Å². The predicted molar refractivity (Wildman–Crippen MR) is 60.1 cm³/mol. The molecule has 4 nitrogen and oxygen atoms in total. The number of hydrogen-bond donors (Lipinski definition) is 2. The minimum absolute atomic E-state index is 0.0346. The second-order valence-electron chi connectivity index (χ2n) is 3.32. The molecule has 2 N–H and O–H groups in total. The maximum atomic E-state index is 11.5. The molecule has 0 bridgehead atoms. The molecule has 0 radical (unpaired) electrons. The van der Waals surface area contributed by atoms with Crippen molar-refractivity contribution in [2.45, 2.75) is 0 Å². The number of phenols is 1. The molecule has 2 aromatic rings. The third kappa shape index (κ3) is 1.70. The zero-order valence-electron chi connectivity index (χ0n) is 8.73. The van der Waals surface area contributed by atoms with Crippen LogP contribution in [-0.2, 0) is 4.84 Å². The number of phenolic OH excluding ortho intramolecular Hbond substituents is 1. The van der Waals surface area contributed by atoms with Gasteiger partial charge in [-0.2, -0.15) is 0 Å². The summed E-state index contributed by atoms with van der Waals surface area (Å²) in [6, 6.07) is 10.6. The van der Waals surface area contributed by atoms with Crippen molar-refractivity contribution in [1.82, 2.24) is 5.48 Å². The van der Waals surface area contributed by atoms with Crippen molar-refractivity contribution in [3.05, 3.63) is 42.0 Å². The zero-order chi connectivity index (χ0) is 11.5. The largest absolute Gasteiger partial charge is 0.506 e. The first-order valence-corrected chi connectivity index (χ1v) is 4.78. The van der Waals surface area contributed by atoms with E-state index in [9.17, 15) is 9.90 Å². The molecule has 0 saturated carbocycles. The highest BCUT2D eigenvalue weighted by atomic mass is 16.6. The summed E-state index contributed by atoms with van der Waals surface area (Å²) in [5.74, 6) is -0.501. The summed E-state index contributed by atoms with van der Waals surface area (Å²) in [7, 11) is 1.34. The highest BCUT2D eigenvalue weighted by Gasteiger charge is 2.12. The molecule has 4 heteroatoms. The summed E-state index contributed by atoms with van der Waals surface area (Å²) >= 11 is 0. The standard InChI is InChI=1S/C12H11NO3/c1-16-13-12(15)10-7-6-8-4-2-3-5-9(8)11(10)14/h2-7,14H,1H3,(H,13,15). The van der Waals surface area contributed by atoms with E-state index in [4.69, 9.17) is 0 Å².